The van der Waals surface area contributed by atoms with Crippen LogP contribution in [0.1, 0.15) is 39.0 Å². The summed E-state index contributed by atoms with van der Waals surface area (Å²) < 4.78 is 0. The van der Waals surface area contributed by atoms with E-state index in [-0.39, 0.29) is 17.8 Å². The Morgan fingerprint density at radius 3 is 2.85 bits per heavy atom. The van der Waals surface area contributed by atoms with Crippen LogP contribution >= 0.6 is 0 Å². The molecule has 2 aliphatic carbocycles. The minimum absolute atomic E-state index is 0.162. The van der Waals surface area contributed by atoms with Crippen LogP contribution in [0.2, 0.25) is 0 Å². The van der Waals surface area contributed by atoms with Crippen molar-refractivity contribution in [1.82, 2.24) is 0 Å². The molecule has 2 nitrogen and oxygen atoms in total. The maximum Gasteiger partial charge on any atom is 0.159 e. The summed E-state index contributed by atoms with van der Waals surface area (Å²) in [6, 6.07) is 0. The minimum Gasteiger partial charge on any atom is -0.392 e. The molecule has 1 saturated carbocycles. The number of aliphatic hydroxyl groups is 1. The quantitative estimate of drug-likeness (QED) is 0.617. The first-order valence-corrected chi connectivity index (χ1v) is 5.11. The van der Waals surface area contributed by atoms with Crippen molar-refractivity contribution in [3.05, 3.63) is 11.1 Å². The van der Waals surface area contributed by atoms with E-state index >= 15 is 0 Å². The zero-order chi connectivity index (χ0) is 9.42. The third-order valence-corrected chi connectivity index (χ3v) is 3.33. The van der Waals surface area contributed by atoms with Crippen molar-refractivity contribution in [2.75, 3.05) is 0 Å². The molecule has 2 aliphatic rings. The number of ketones is 1. The number of rotatable bonds is 0. The van der Waals surface area contributed by atoms with E-state index in [4.69, 9.17) is 0 Å². The molecule has 1 fully saturated rings. The van der Waals surface area contributed by atoms with Crippen LogP contribution in [0, 0.1) is 5.92 Å². The molecule has 0 bridgehead atoms. The van der Waals surface area contributed by atoms with Crippen molar-refractivity contribution in [2.24, 2.45) is 5.92 Å². The summed E-state index contributed by atoms with van der Waals surface area (Å²) in [6.45, 7) is 2.03. The third kappa shape index (κ3) is 1.44. The largest absolute Gasteiger partial charge is 0.392 e. The van der Waals surface area contributed by atoms with Crippen molar-refractivity contribution in [3.8, 4) is 0 Å². The van der Waals surface area contributed by atoms with E-state index in [1.165, 1.54) is 5.57 Å². The van der Waals surface area contributed by atoms with E-state index in [9.17, 15) is 9.90 Å². The van der Waals surface area contributed by atoms with Gasteiger partial charge in [0, 0.05) is 12.3 Å². The number of Topliss-reactive ketones (excluding diaryl/α,β-unsaturated/α-hetero) is 1. The molecular formula is C11H16O2. The first-order chi connectivity index (χ1) is 6.20. The van der Waals surface area contributed by atoms with Crippen LogP contribution in [-0.4, -0.2) is 17.0 Å². The van der Waals surface area contributed by atoms with Gasteiger partial charge < -0.3 is 5.11 Å². The van der Waals surface area contributed by atoms with Gasteiger partial charge in [-0.3, -0.25) is 4.79 Å². The van der Waals surface area contributed by atoms with Gasteiger partial charge in [0.1, 0.15) is 0 Å². The fraction of sp³-hybridized carbons (Fsp3) is 0.727. The fourth-order valence-corrected chi connectivity index (χ4v) is 2.60. The van der Waals surface area contributed by atoms with E-state index in [2.05, 4.69) is 0 Å². The highest BCUT2D eigenvalue weighted by Crippen LogP contribution is 2.38. The Kier molecular flexibility index (Phi) is 2.24. The van der Waals surface area contributed by atoms with Crippen molar-refractivity contribution < 1.29 is 9.90 Å². The molecular weight excluding hydrogens is 164 g/mol. The maximum absolute atomic E-state index is 11.7. The lowest BCUT2D eigenvalue weighted by Gasteiger charge is -2.16. The highest BCUT2D eigenvalue weighted by atomic mass is 16.3. The lowest BCUT2D eigenvalue weighted by atomic mass is 9.93. The maximum atomic E-state index is 11.7. The minimum atomic E-state index is -0.265. The summed E-state index contributed by atoms with van der Waals surface area (Å²) in [5, 5.41) is 9.81. The number of fused-ring (bicyclic) bond motifs is 1. The molecule has 72 valence electrons. The monoisotopic (exact) mass is 180 g/mol. The molecule has 0 heterocycles. The average molecular weight is 180 g/mol. The van der Waals surface area contributed by atoms with Gasteiger partial charge in [0.05, 0.1) is 6.10 Å². The highest BCUT2D eigenvalue weighted by molar-refractivity contribution is 5.97. The van der Waals surface area contributed by atoms with Gasteiger partial charge in [-0.25, -0.2) is 0 Å². The number of aliphatic hydroxyl groups excluding tert-OH is 1. The first kappa shape index (κ1) is 8.95. The van der Waals surface area contributed by atoms with E-state index in [0.717, 1.165) is 31.3 Å². The predicted molar refractivity (Wildman–Crippen MR) is 50.3 cm³/mol. The highest BCUT2D eigenvalue weighted by Gasteiger charge is 2.35. The summed E-state index contributed by atoms with van der Waals surface area (Å²) in [7, 11) is 0. The number of hydrogen-bond acceptors (Lipinski definition) is 2. The smallest absolute Gasteiger partial charge is 0.159 e. The molecule has 2 rings (SSSR count). The van der Waals surface area contributed by atoms with Crippen molar-refractivity contribution >= 4 is 5.78 Å². The van der Waals surface area contributed by atoms with Crippen LogP contribution < -0.4 is 0 Å². The predicted octanol–water partition coefficient (Wildman–Crippen LogP) is 1.83. The van der Waals surface area contributed by atoms with Gasteiger partial charge in [0.25, 0.3) is 0 Å². The molecule has 2 unspecified atom stereocenters. The summed E-state index contributed by atoms with van der Waals surface area (Å²) in [5.41, 5.74) is 2.18. The topological polar surface area (TPSA) is 37.3 Å². The number of carbonyl (C=O) groups excluding carboxylic acids is 1. The SMILES string of the molecule is CC1=C2C(=O)CCCC(O)C2CC1. The van der Waals surface area contributed by atoms with E-state index in [1.807, 2.05) is 6.92 Å². The van der Waals surface area contributed by atoms with E-state index < -0.39 is 0 Å². The van der Waals surface area contributed by atoms with Crippen molar-refractivity contribution in [1.29, 1.82) is 0 Å². The molecule has 0 aliphatic heterocycles. The second kappa shape index (κ2) is 3.26. The fourth-order valence-electron chi connectivity index (χ4n) is 2.60. The summed E-state index contributed by atoms with van der Waals surface area (Å²) in [4.78, 5) is 11.7. The zero-order valence-electron chi connectivity index (χ0n) is 8.05. The molecule has 2 heteroatoms. The van der Waals surface area contributed by atoms with Gasteiger partial charge in [0.15, 0.2) is 5.78 Å². The second-order valence-corrected chi connectivity index (χ2v) is 4.22. The normalized spacial score (nSPS) is 34.8. The Balaban J connectivity index is 2.33. The van der Waals surface area contributed by atoms with E-state index in [0.29, 0.717) is 6.42 Å². The Bertz CT molecular complexity index is 265. The average Bonchev–Trinajstić information content (AvgIpc) is 2.40. The van der Waals surface area contributed by atoms with Crippen LogP contribution in [0.3, 0.4) is 0 Å². The lowest BCUT2D eigenvalue weighted by Crippen LogP contribution is -2.20. The molecule has 0 aromatic rings. The first-order valence-electron chi connectivity index (χ1n) is 5.11. The van der Waals surface area contributed by atoms with Crippen molar-refractivity contribution in [2.45, 2.75) is 45.1 Å². The van der Waals surface area contributed by atoms with Crippen LogP contribution in [0.5, 0.6) is 0 Å². The van der Waals surface area contributed by atoms with Gasteiger partial charge in [-0.1, -0.05) is 5.57 Å². The Morgan fingerprint density at radius 1 is 1.31 bits per heavy atom. The summed E-state index contributed by atoms with van der Waals surface area (Å²) in [5.74, 6) is 0.451. The molecule has 2 atom stereocenters. The molecule has 0 radical (unpaired) electrons. The van der Waals surface area contributed by atoms with Gasteiger partial charge in [0.2, 0.25) is 0 Å². The Labute approximate surface area is 78.6 Å². The third-order valence-electron chi connectivity index (χ3n) is 3.33. The molecule has 0 aromatic heterocycles. The number of hydrogen-bond donors (Lipinski definition) is 1. The molecule has 13 heavy (non-hydrogen) atoms. The summed E-state index contributed by atoms with van der Waals surface area (Å²) in [6.07, 6.45) is 4.01. The lowest BCUT2D eigenvalue weighted by molar-refractivity contribution is -0.115. The van der Waals surface area contributed by atoms with Crippen LogP contribution in [0.4, 0.5) is 0 Å². The Morgan fingerprint density at radius 2 is 2.08 bits per heavy atom. The standard InChI is InChI=1S/C11H16O2/c1-7-5-6-8-9(12)3-2-4-10(13)11(7)8/h8-9,12H,2-6H2,1H3. The zero-order valence-corrected chi connectivity index (χ0v) is 8.05. The van der Waals surface area contributed by atoms with Gasteiger partial charge >= 0.3 is 0 Å². The molecule has 0 aromatic carbocycles. The molecule has 1 N–H and O–H groups in total. The van der Waals surface area contributed by atoms with Crippen LogP contribution in [-0.2, 0) is 4.79 Å². The van der Waals surface area contributed by atoms with Gasteiger partial charge in [-0.05, 0) is 38.2 Å². The van der Waals surface area contributed by atoms with Gasteiger partial charge in [-0.2, -0.15) is 0 Å². The molecule has 0 amide bonds. The van der Waals surface area contributed by atoms with Gasteiger partial charge in [-0.15, -0.1) is 0 Å². The molecule has 0 saturated heterocycles. The van der Waals surface area contributed by atoms with Crippen LogP contribution in [0.25, 0.3) is 0 Å². The second-order valence-electron chi connectivity index (χ2n) is 4.22. The van der Waals surface area contributed by atoms with Crippen LogP contribution in [0.15, 0.2) is 11.1 Å². The number of allylic oxidation sites excluding steroid dienone is 1. The van der Waals surface area contributed by atoms with Crippen molar-refractivity contribution in [3.63, 3.8) is 0 Å². The summed E-state index contributed by atoms with van der Waals surface area (Å²) >= 11 is 0. The Hall–Kier alpha value is -0.630. The number of carbonyl (C=O) groups is 1. The van der Waals surface area contributed by atoms with E-state index in [1.54, 1.807) is 0 Å². The molecule has 0 spiro atoms.